The molecule has 0 saturated carbocycles. The fraction of sp³-hybridized carbons (Fsp3) is 0.400. The monoisotopic (exact) mass is 292 g/mol. The van der Waals surface area contributed by atoms with Gasteiger partial charge in [0.25, 0.3) is 0 Å². The van der Waals surface area contributed by atoms with Gasteiger partial charge in [-0.05, 0) is 19.1 Å². The van der Waals surface area contributed by atoms with Gasteiger partial charge in [-0.2, -0.15) is 0 Å². The number of fused-ring (bicyclic) bond motifs is 3. The average molecular weight is 292 g/mol. The lowest BCUT2D eigenvalue weighted by Gasteiger charge is -2.42. The van der Waals surface area contributed by atoms with E-state index in [9.17, 15) is 20.1 Å². The van der Waals surface area contributed by atoms with Crippen LogP contribution in [0.3, 0.4) is 0 Å². The molecule has 3 rings (SSSR count). The quantitative estimate of drug-likeness (QED) is 0.664. The number of aliphatic hydroxyl groups is 2. The van der Waals surface area contributed by atoms with Crippen molar-refractivity contribution in [2.75, 3.05) is 7.11 Å². The van der Waals surface area contributed by atoms with Gasteiger partial charge in [-0.25, -0.2) is 4.79 Å². The number of methoxy groups -OCH3 is 1. The lowest BCUT2D eigenvalue weighted by molar-refractivity contribution is -0.0387. The van der Waals surface area contributed by atoms with Gasteiger partial charge in [0.1, 0.15) is 22.7 Å². The molecule has 3 atom stereocenters. The summed E-state index contributed by atoms with van der Waals surface area (Å²) in [6, 6.07) is 2.95. The second-order valence-electron chi connectivity index (χ2n) is 5.53. The van der Waals surface area contributed by atoms with Crippen molar-refractivity contribution < 1.29 is 29.6 Å². The number of benzene rings is 1. The Balaban J connectivity index is 2.26. The molecule has 0 fully saturated rings. The van der Waals surface area contributed by atoms with Gasteiger partial charge in [0, 0.05) is 23.6 Å². The third kappa shape index (κ3) is 1.99. The van der Waals surface area contributed by atoms with E-state index < -0.39 is 23.8 Å². The molecule has 112 valence electrons. The first kappa shape index (κ1) is 13.9. The van der Waals surface area contributed by atoms with Crippen LogP contribution in [-0.4, -0.2) is 46.2 Å². The molecular weight excluding hydrogens is 276 g/mol. The summed E-state index contributed by atoms with van der Waals surface area (Å²) in [5, 5.41) is 29.7. The molecule has 1 aromatic carbocycles. The van der Waals surface area contributed by atoms with Crippen LogP contribution >= 0.6 is 0 Å². The van der Waals surface area contributed by atoms with Crippen LogP contribution in [0.1, 0.15) is 29.3 Å². The average Bonchev–Trinajstić information content (AvgIpc) is 2.40. The van der Waals surface area contributed by atoms with Crippen molar-refractivity contribution >= 4 is 11.5 Å². The summed E-state index contributed by atoms with van der Waals surface area (Å²) in [6.07, 6.45) is -0.514. The van der Waals surface area contributed by atoms with Gasteiger partial charge in [-0.15, -0.1) is 0 Å². The summed E-state index contributed by atoms with van der Waals surface area (Å²) < 4.78 is 10.5. The zero-order valence-electron chi connectivity index (χ0n) is 11.7. The van der Waals surface area contributed by atoms with Crippen LogP contribution in [0.25, 0.3) is 5.57 Å². The molecule has 1 heterocycles. The Morgan fingerprint density at radius 1 is 1.38 bits per heavy atom. The Labute approximate surface area is 121 Å². The van der Waals surface area contributed by atoms with Crippen molar-refractivity contribution in [1.82, 2.24) is 0 Å². The molecule has 3 N–H and O–H groups in total. The molecule has 1 aromatic rings. The highest BCUT2D eigenvalue weighted by atomic mass is 16.6. The molecule has 0 amide bonds. The minimum Gasteiger partial charge on any atom is -0.507 e. The number of carbonyl (C=O) groups excluding carboxylic acids is 1. The number of phenolic OH excluding ortho intramolecular Hbond substituents is 1. The summed E-state index contributed by atoms with van der Waals surface area (Å²) in [6.45, 7) is 1.67. The van der Waals surface area contributed by atoms with Gasteiger partial charge >= 0.3 is 5.97 Å². The van der Waals surface area contributed by atoms with Gasteiger partial charge in [-0.1, -0.05) is 0 Å². The number of aliphatic hydroxyl groups excluding tert-OH is 2. The minimum absolute atomic E-state index is 0.0446. The smallest absolute Gasteiger partial charge is 0.343 e. The number of ether oxygens (including phenoxy) is 2. The van der Waals surface area contributed by atoms with Gasteiger partial charge in [-0.3, -0.25) is 0 Å². The van der Waals surface area contributed by atoms with Crippen LogP contribution < -0.4 is 4.74 Å². The fourth-order valence-electron chi connectivity index (χ4n) is 2.96. The Kier molecular flexibility index (Phi) is 2.96. The van der Waals surface area contributed by atoms with Crippen LogP contribution in [0, 0.1) is 0 Å². The lowest BCUT2D eigenvalue weighted by Crippen LogP contribution is -2.47. The van der Waals surface area contributed by atoms with Gasteiger partial charge in [0.2, 0.25) is 0 Å². The fourth-order valence-corrected chi connectivity index (χ4v) is 2.96. The maximum Gasteiger partial charge on any atom is 0.343 e. The van der Waals surface area contributed by atoms with Crippen LogP contribution in [-0.2, 0) is 4.74 Å². The number of esters is 1. The highest BCUT2D eigenvalue weighted by molar-refractivity contribution is 6.03. The van der Waals surface area contributed by atoms with Crippen LogP contribution in [0.4, 0.5) is 0 Å². The van der Waals surface area contributed by atoms with Crippen molar-refractivity contribution in [3.63, 3.8) is 0 Å². The number of rotatable bonds is 1. The van der Waals surface area contributed by atoms with E-state index in [4.69, 9.17) is 9.47 Å². The van der Waals surface area contributed by atoms with Crippen molar-refractivity contribution in [2.24, 2.45) is 0 Å². The topological polar surface area (TPSA) is 96.2 Å². The predicted molar refractivity (Wildman–Crippen MR) is 73.1 cm³/mol. The lowest BCUT2D eigenvalue weighted by atomic mass is 9.75. The normalized spacial score (nSPS) is 30.9. The van der Waals surface area contributed by atoms with E-state index in [-0.39, 0.29) is 17.7 Å². The Bertz CT molecular complexity index is 650. The van der Waals surface area contributed by atoms with Crippen molar-refractivity contribution in [3.8, 4) is 11.5 Å². The zero-order chi connectivity index (χ0) is 15.4. The molecule has 1 aliphatic carbocycles. The molecule has 6 nitrogen and oxygen atoms in total. The predicted octanol–water partition coefficient (Wildman–Crippen LogP) is 0.839. The molecule has 0 bridgehead atoms. The third-order valence-corrected chi connectivity index (χ3v) is 4.04. The van der Waals surface area contributed by atoms with Crippen LogP contribution in [0.15, 0.2) is 18.2 Å². The number of hydrogen-bond acceptors (Lipinski definition) is 6. The Hall–Kier alpha value is -2.05. The summed E-state index contributed by atoms with van der Waals surface area (Å²) in [5.74, 6) is -0.504. The summed E-state index contributed by atoms with van der Waals surface area (Å²) >= 11 is 0. The number of hydrogen-bond donors (Lipinski definition) is 3. The van der Waals surface area contributed by atoms with Crippen molar-refractivity contribution in [3.05, 3.63) is 29.3 Å². The van der Waals surface area contributed by atoms with Crippen LogP contribution in [0.2, 0.25) is 0 Å². The largest absolute Gasteiger partial charge is 0.507 e. The number of aromatic hydroxyl groups is 1. The number of phenols is 1. The second-order valence-corrected chi connectivity index (χ2v) is 5.53. The third-order valence-electron chi connectivity index (χ3n) is 4.04. The van der Waals surface area contributed by atoms with E-state index in [1.165, 1.54) is 19.3 Å². The molecular formula is C15H16O6. The second kappa shape index (κ2) is 4.47. The molecule has 21 heavy (non-hydrogen) atoms. The van der Waals surface area contributed by atoms with Crippen molar-refractivity contribution in [1.29, 1.82) is 0 Å². The first-order chi connectivity index (χ1) is 9.85. The van der Waals surface area contributed by atoms with E-state index in [0.717, 1.165) is 0 Å². The first-order valence-corrected chi connectivity index (χ1v) is 6.59. The molecule has 0 radical (unpaired) electrons. The van der Waals surface area contributed by atoms with E-state index >= 15 is 0 Å². The molecule has 0 unspecified atom stereocenters. The van der Waals surface area contributed by atoms with E-state index in [1.54, 1.807) is 13.0 Å². The van der Waals surface area contributed by atoms with Gasteiger partial charge in [0.15, 0.2) is 0 Å². The van der Waals surface area contributed by atoms with Crippen LogP contribution in [0.5, 0.6) is 11.5 Å². The SMILES string of the molecule is COc1cc(O)c2c(c1)C1=C[C@H](O)[C@H](O)C[C@@]1(C)OC2=O. The molecule has 0 aromatic heterocycles. The maximum atomic E-state index is 12.2. The van der Waals surface area contributed by atoms with Gasteiger partial charge < -0.3 is 24.8 Å². The van der Waals surface area contributed by atoms with Crippen molar-refractivity contribution in [2.45, 2.75) is 31.2 Å². The molecule has 0 spiro atoms. The van der Waals surface area contributed by atoms with E-state index in [2.05, 4.69) is 0 Å². The molecule has 1 aliphatic heterocycles. The summed E-state index contributed by atoms with van der Waals surface area (Å²) in [5.41, 5.74) is 0.0189. The van der Waals surface area contributed by atoms with E-state index in [0.29, 0.717) is 16.9 Å². The van der Waals surface area contributed by atoms with Gasteiger partial charge in [0.05, 0.1) is 19.3 Å². The number of carbonyl (C=O) groups is 1. The summed E-state index contributed by atoms with van der Waals surface area (Å²) in [7, 11) is 1.45. The van der Waals surface area contributed by atoms with E-state index in [1.807, 2.05) is 0 Å². The maximum absolute atomic E-state index is 12.2. The molecule has 0 saturated heterocycles. The molecule has 6 heteroatoms. The summed E-state index contributed by atoms with van der Waals surface area (Å²) in [4.78, 5) is 12.2. The minimum atomic E-state index is -1.05. The zero-order valence-corrected chi connectivity index (χ0v) is 11.7. The first-order valence-electron chi connectivity index (χ1n) is 6.59. The standard InChI is InChI=1S/C15H16O6/c1-15-6-12(18)10(16)5-9(15)8-3-7(20-2)4-11(17)13(8)14(19)21-15/h3-5,10,12,16-18H,6H2,1-2H3/t10-,12+,15+/m0/s1. The Morgan fingerprint density at radius 3 is 2.76 bits per heavy atom. The highest BCUT2D eigenvalue weighted by Crippen LogP contribution is 2.47. The molecule has 2 aliphatic rings. The Morgan fingerprint density at radius 2 is 2.10 bits per heavy atom. The highest BCUT2D eigenvalue weighted by Gasteiger charge is 2.47.